The van der Waals surface area contributed by atoms with Crippen LogP contribution in [0.15, 0.2) is 167 Å². The summed E-state index contributed by atoms with van der Waals surface area (Å²) in [4.78, 5) is 29.9. The van der Waals surface area contributed by atoms with Gasteiger partial charge >= 0.3 is 0 Å². The third-order valence-corrected chi connectivity index (χ3v) is 10.6. The van der Waals surface area contributed by atoms with Gasteiger partial charge in [-0.25, -0.2) is 29.9 Å². The van der Waals surface area contributed by atoms with E-state index in [9.17, 15) is 0 Å². The summed E-state index contributed by atoms with van der Waals surface area (Å²) in [6.07, 6.45) is 0. The minimum absolute atomic E-state index is 0.542. The lowest BCUT2D eigenvalue weighted by molar-refractivity contribution is 0.669. The van der Waals surface area contributed by atoms with Crippen molar-refractivity contribution in [3.8, 4) is 68.1 Å². The molecule has 0 atom stereocenters. The van der Waals surface area contributed by atoms with Gasteiger partial charge in [0.15, 0.2) is 29.1 Å². The predicted molar refractivity (Wildman–Crippen MR) is 230 cm³/mol. The molecule has 11 aromatic rings. The molecule has 0 fully saturated rings. The van der Waals surface area contributed by atoms with Crippen LogP contribution in [-0.4, -0.2) is 29.9 Å². The molecule has 11 rings (SSSR count). The first-order valence-electron chi connectivity index (χ1n) is 19.1. The van der Waals surface area contributed by atoms with Crippen molar-refractivity contribution in [2.45, 2.75) is 13.8 Å². The summed E-state index contributed by atoms with van der Waals surface area (Å²) in [6.45, 7) is 4.02. The first-order chi connectivity index (χ1) is 28.6. The summed E-state index contributed by atoms with van der Waals surface area (Å²) in [6, 6.07) is 52.8. The van der Waals surface area contributed by atoms with Crippen molar-refractivity contribution in [1.82, 2.24) is 29.9 Å². The van der Waals surface area contributed by atoms with Crippen LogP contribution in [-0.2, 0) is 0 Å². The number of para-hydroxylation sites is 3. The first-order valence-corrected chi connectivity index (χ1v) is 19.1. The number of hydrogen-bond acceptors (Lipinski definition) is 8. The van der Waals surface area contributed by atoms with Crippen molar-refractivity contribution in [3.05, 3.63) is 169 Å². The third-order valence-electron chi connectivity index (χ3n) is 10.6. The Labute approximate surface area is 332 Å². The minimum atomic E-state index is 0.542. The number of hydrogen-bond donors (Lipinski definition) is 0. The fourth-order valence-corrected chi connectivity index (χ4v) is 7.97. The third kappa shape index (κ3) is 5.61. The fourth-order valence-electron chi connectivity index (χ4n) is 7.97. The van der Waals surface area contributed by atoms with E-state index in [2.05, 4.69) is 55.5 Å². The molecule has 7 aromatic carbocycles. The van der Waals surface area contributed by atoms with Crippen molar-refractivity contribution in [2.24, 2.45) is 0 Å². The smallest absolute Gasteiger partial charge is 0.167 e. The van der Waals surface area contributed by atoms with E-state index in [1.807, 2.05) is 116 Å². The van der Waals surface area contributed by atoms with Crippen molar-refractivity contribution < 1.29 is 8.83 Å². The lowest BCUT2D eigenvalue weighted by Gasteiger charge is -2.14. The van der Waals surface area contributed by atoms with E-state index < -0.39 is 0 Å². The summed E-state index contributed by atoms with van der Waals surface area (Å²) in [5.41, 5.74) is 10.7. The van der Waals surface area contributed by atoms with Gasteiger partial charge in [0.2, 0.25) is 0 Å². The summed E-state index contributed by atoms with van der Waals surface area (Å²) >= 11 is 0. The van der Waals surface area contributed by atoms with E-state index in [1.54, 1.807) is 0 Å². The molecule has 0 bridgehead atoms. The van der Waals surface area contributed by atoms with Crippen LogP contribution >= 0.6 is 0 Å². The molecule has 0 saturated carbocycles. The average Bonchev–Trinajstić information content (AvgIpc) is 3.85. The van der Waals surface area contributed by atoms with Crippen LogP contribution in [0.2, 0.25) is 0 Å². The van der Waals surface area contributed by atoms with Gasteiger partial charge in [-0.1, -0.05) is 127 Å². The van der Waals surface area contributed by atoms with Crippen molar-refractivity contribution in [3.63, 3.8) is 0 Å². The molecule has 8 nitrogen and oxygen atoms in total. The lowest BCUT2D eigenvalue weighted by Crippen LogP contribution is -2.02. The zero-order chi connectivity index (χ0) is 38.7. The van der Waals surface area contributed by atoms with E-state index in [4.69, 9.17) is 38.7 Å². The normalized spacial score (nSPS) is 11.6. The molecule has 4 aromatic heterocycles. The number of benzene rings is 7. The molecule has 0 aliphatic rings. The fraction of sp³-hybridized carbons (Fsp3) is 0.0400. The predicted octanol–water partition coefficient (Wildman–Crippen LogP) is 12.5. The number of fused-ring (bicyclic) bond motifs is 6. The Kier molecular flexibility index (Phi) is 7.75. The highest BCUT2D eigenvalue weighted by Gasteiger charge is 2.21. The molecule has 0 unspecified atom stereocenters. The summed E-state index contributed by atoms with van der Waals surface area (Å²) in [5, 5.41) is 4.08. The van der Waals surface area contributed by atoms with E-state index >= 15 is 0 Å². The molecular weight excluding hydrogens is 717 g/mol. The Morgan fingerprint density at radius 3 is 1.71 bits per heavy atom. The molecule has 0 radical (unpaired) electrons. The van der Waals surface area contributed by atoms with Gasteiger partial charge in [-0.2, -0.15) is 0 Å². The SMILES string of the molecule is Cc1nc(-c2ccccc2-c2ccc(-c3nc(-c4ccccc4)nc(-c4cccc5c4oc4ccccc45)n3)cc2C)nc(-c2cccc3oc4ccccc4c23)n1. The maximum Gasteiger partial charge on any atom is 0.167 e. The highest BCUT2D eigenvalue weighted by molar-refractivity contribution is 6.12. The zero-order valence-electron chi connectivity index (χ0n) is 31.5. The second-order valence-corrected chi connectivity index (χ2v) is 14.3. The number of aromatic nitrogens is 6. The summed E-state index contributed by atoms with van der Waals surface area (Å²) in [7, 11) is 0. The zero-order valence-corrected chi connectivity index (χ0v) is 31.5. The largest absolute Gasteiger partial charge is 0.456 e. The van der Waals surface area contributed by atoms with Crippen LogP contribution in [0.4, 0.5) is 0 Å². The Bertz CT molecular complexity index is 3390. The van der Waals surface area contributed by atoms with Gasteiger partial charge in [0.05, 0.1) is 5.56 Å². The van der Waals surface area contributed by atoms with Gasteiger partial charge in [0, 0.05) is 43.8 Å². The molecule has 0 aliphatic carbocycles. The molecule has 0 spiro atoms. The summed E-state index contributed by atoms with van der Waals surface area (Å²) in [5.74, 6) is 3.52. The number of furan rings is 2. The molecular formula is C50H32N6O2. The number of nitrogens with zero attached hydrogens (tertiary/aromatic N) is 6. The van der Waals surface area contributed by atoms with E-state index in [-0.39, 0.29) is 0 Å². The Morgan fingerprint density at radius 1 is 0.345 bits per heavy atom. The van der Waals surface area contributed by atoms with Gasteiger partial charge in [-0.3, -0.25) is 0 Å². The Morgan fingerprint density at radius 2 is 0.897 bits per heavy atom. The van der Waals surface area contributed by atoms with Gasteiger partial charge in [-0.05, 0) is 60.9 Å². The Balaban J connectivity index is 1.02. The average molecular weight is 749 g/mol. The molecule has 0 amide bonds. The Hall–Kier alpha value is -7.84. The molecule has 0 saturated heterocycles. The van der Waals surface area contributed by atoms with Crippen LogP contribution in [0.3, 0.4) is 0 Å². The second-order valence-electron chi connectivity index (χ2n) is 14.3. The van der Waals surface area contributed by atoms with Gasteiger partial charge in [-0.15, -0.1) is 0 Å². The van der Waals surface area contributed by atoms with Crippen molar-refractivity contribution in [2.75, 3.05) is 0 Å². The molecule has 274 valence electrons. The van der Waals surface area contributed by atoms with Gasteiger partial charge in [0.25, 0.3) is 0 Å². The lowest BCUT2D eigenvalue weighted by atomic mass is 9.94. The van der Waals surface area contributed by atoms with Crippen molar-refractivity contribution in [1.29, 1.82) is 0 Å². The topological polar surface area (TPSA) is 104 Å². The molecule has 0 N–H and O–H groups in total. The van der Waals surface area contributed by atoms with Crippen LogP contribution in [0.5, 0.6) is 0 Å². The number of aryl methyl sites for hydroxylation is 2. The van der Waals surface area contributed by atoms with E-state index in [0.29, 0.717) is 34.9 Å². The summed E-state index contributed by atoms with van der Waals surface area (Å²) < 4.78 is 12.6. The first kappa shape index (κ1) is 33.5. The minimum Gasteiger partial charge on any atom is -0.456 e. The standard InChI is InChI=1S/C50H32N6O2/c1-29-28-32(47-53-46(31-14-4-3-5-15-31)54-50(55-47)40-22-12-20-36-35-17-8-10-23-41(35)58-45(36)40)26-27-33(29)34-16-6-7-18-37(34)48-51-30(2)52-49(56-48)39-21-13-25-43-44(39)38-19-9-11-24-42(38)57-43/h3-28H,1-2H3. The van der Waals surface area contributed by atoms with Crippen LogP contribution in [0.1, 0.15) is 11.4 Å². The molecule has 4 heterocycles. The van der Waals surface area contributed by atoms with Crippen molar-refractivity contribution >= 4 is 43.9 Å². The highest BCUT2D eigenvalue weighted by Crippen LogP contribution is 2.39. The maximum atomic E-state index is 6.41. The van der Waals surface area contributed by atoms with Crippen LogP contribution in [0, 0.1) is 13.8 Å². The molecule has 0 aliphatic heterocycles. The number of rotatable bonds is 6. The van der Waals surface area contributed by atoms with Crippen LogP contribution in [0.25, 0.3) is 112 Å². The second kappa shape index (κ2) is 13.4. The highest BCUT2D eigenvalue weighted by atomic mass is 16.3. The van der Waals surface area contributed by atoms with Gasteiger partial charge < -0.3 is 8.83 Å². The maximum absolute atomic E-state index is 6.41. The molecule has 8 heteroatoms. The van der Waals surface area contributed by atoms with Crippen LogP contribution < -0.4 is 0 Å². The monoisotopic (exact) mass is 748 g/mol. The quantitative estimate of drug-likeness (QED) is 0.166. The van der Waals surface area contributed by atoms with Gasteiger partial charge in [0.1, 0.15) is 28.2 Å². The van der Waals surface area contributed by atoms with E-state index in [0.717, 1.165) is 88.4 Å². The van der Waals surface area contributed by atoms with E-state index in [1.165, 1.54) is 0 Å². The molecule has 58 heavy (non-hydrogen) atoms.